The molecule has 4 nitrogen and oxygen atoms in total. The van der Waals surface area contributed by atoms with E-state index in [0.29, 0.717) is 12.1 Å². The van der Waals surface area contributed by atoms with Gasteiger partial charge in [-0.1, -0.05) is 13.0 Å². The number of benzene rings is 1. The van der Waals surface area contributed by atoms with Crippen molar-refractivity contribution in [2.24, 2.45) is 5.92 Å². The van der Waals surface area contributed by atoms with Gasteiger partial charge in [0.05, 0.1) is 11.3 Å². The molecule has 0 aliphatic rings. The monoisotopic (exact) mass is 296 g/mol. The van der Waals surface area contributed by atoms with Gasteiger partial charge in [0.25, 0.3) is 0 Å². The summed E-state index contributed by atoms with van der Waals surface area (Å²) in [4.78, 5) is 10.5. The number of hydrogen-bond acceptors (Lipinski definition) is 3. The molecule has 1 atom stereocenters. The van der Waals surface area contributed by atoms with Crippen LogP contribution in [0, 0.1) is 17.2 Å². The SMILES string of the molecule is CC(CNc1cccc(Br)c1C#N)CC(=O)O. The van der Waals surface area contributed by atoms with Gasteiger partial charge in [-0.25, -0.2) is 0 Å². The summed E-state index contributed by atoms with van der Waals surface area (Å²) >= 11 is 3.30. The van der Waals surface area contributed by atoms with E-state index in [0.717, 1.165) is 10.2 Å². The number of aliphatic carboxylic acids is 1. The van der Waals surface area contributed by atoms with E-state index in [2.05, 4.69) is 27.3 Å². The standard InChI is InChI=1S/C12H13BrN2O2/c1-8(5-12(16)17)7-15-11-4-2-3-10(13)9(11)6-14/h2-4,8,15H,5,7H2,1H3,(H,16,17). The van der Waals surface area contributed by atoms with Crippen molar-refractivity contribution in [2.75, 3.05) is 11.9 Å². The van der Waals surface area contributed by atoms with Crippen LogP contribution in [0.25, 0.3) is 0 Å². The number of halogens is 1. The molecule has 2 N–H and O–H groups in total. The first-order valence-corrected chi connectivity index (χ1v) is 5.98. The van der Waals surface area contributed by atoms with E-state index >= 15 is 0 Å². The van der Waals surface area contributed by atoms with Crippen molar-refractivity contribution >= 4 is 27.6 Å². The minimum atomic E-state index is -0.811. The van der Waals surface area contributed by atoms with E-state index in [4.69, 9.17) is 10.4 Å². The Morgan fingerprint density at radius 2 is 2.35 bits per heavy atom. The zero-order valence-electron chi connectivity index (χ0n) is 9.40. The highest BCUT2D eigenvalue weighted by atomic mass is 79.9. The number of nitrogens with one attached hydrogen (secondary N) is 1. The van der Waals surface area contributed by atoms with Gasteiger partial charge >= 0.3 is 5.97 Å². The number of carbonyl (C=O) groups is 1. The van der Waals surface area contributed by atoms with Crippen molar-refractivity contribution in [3.05, 3.63) is 28.2 Å². The van der Waals surface area contributed by atoms with Crippen LogP contribution in [0.4, 0.5) is 5.69 Å². The molecular weight excluding hydrogens is 284 g/mol. The number of hydrogen-bond donors (Lipinski definition) is 2. The quantitative estimate of drug-likeness (QED) is 0.876. The first-order chi connectivity index (χ1) is 8.04. The predicted molar refractivity (Wildman–Crippen MR) is 68.8 cm³/mol. The van der Waals surface area contributed by atoms with Crippen LogP contribution in [0.1, 0.15) is 18.9 Å². The Balaban J connectivity index is 2.67. The van der Waals surface area contributed by atoms with E-state index in [-0.39, 0.29) is 12.3 Å². The second-order valence-electron chi connectivity index (χ2n) is 3.86. The highest BCUT2D eigenvalue weighted by Gasteiger charge is 2.09. The molecule has 0 saturated carbocycles. The van der Waals surface area contributed by atoms with E-state index in [9.17, 15) is 4.79 Å². The molecule has 1 unspecified atom stereocenters. The van der Waals surface area contributed by atoms with Gasteiger partial charge in [-0.2, -0.15) is 5.26 Å². The lowest BCUT2D eigenvalue weighted by molar-refractivity contribution is -0.137. The first kappa shape index (κ1) is 13.5. The minimum Gasteiger partial charge on any atom is -0.481 e. The molecule has 0 aliphatic carbocycles. The number of rotatable bonds is 5. The summed E-state index contributed by atoms with van der Waals surface area (Å²) in [6, 6.07) is 7.53. The Morgan fingerprint density at radius 3 is 2.94 bits per heavy atom. The van der Waals surface area contributed by atoms with E-state index in [1.165, 1.54) is 0 Å². The van der Waals surface area contributed by atoms with Gasteiger partial charge in [0.2, 0.25) is 0 Å². The Bertz CT molecular complexity index is 454. The van der Waals surface area contributed by atoms with Gasteiger partial charge in [-0.15, -0.1) is 0 Å². The minimum absolute atomic E-state index is 0.0121. The van der Waals surface area contributed by atoms with Gasteiger partial charge in [-0.3, -0.25) is 4.79 Å². The summed E-state index contributed by atoms with van der Waals surface area (Å²) in [6.07, 6.45) is 0.114. The molecule has 0 aliphatic heterocycles. The zero-order chi connectivity index (χ0) is 12.8. The highest BCUT2D eigenvalue weighted by Crippen LogP contribution is 2.24. The summed E-state index contributed by atoms with van der Waals surface area (Å²) in [7, 11) is 0. The molecule has 0 radical (unpaired) electrons. The van der Waals surface area contributed by atoms with Crippen LogP contribution in [0.15, 0.2) is 22.7 Å². The molecule has 0 fully saturated rings. The molecule has 0 heterocycles. The first-order valence-electron chi connectivity index (χ1n) is 5.19. The lowest BCUT2D eigenvalue weighted by atomic mass is 10.1. The van der Waals surface area contributed by atoms with Gasteiger partial charge in [0, 0.05) is 17.4 Å². The molecule has 1 aromatic carbocycles. The summed E-state index contributed by atoms with van der Waals surface area (Å²) in [5.41, 5.74) is 1.26. The predicted octanol–water partition coefficient (Wildman–Crippen LogP) is 2.84. The van der Waals surface area contributed by atoms with Crippen LogP contribution in [0.2, 0.25) is 0 Å². The molecule has 1 rings (SSSR count). The maximum absolute atomic E-state index is 10.5. The number of nitriles is 1. The van der Waals surface area contributed by atoms with Crippen molar-refractivity contribution in [1.82, 2.24) is 0 Å². The molecule has 90 valence electrons. The average Bonchev–Trinajstić information content (AvgIpc) is 2.25. The smallest absolute Gasteiger partial charge is 0.303 e. The number of carboxylic acids is 1. The Morgan fingerprint density at radius 1 is 1.65 bits per heavy atom. The van der Waals surface area contributed by atoms with E-state index < -0.39 is 5.97 Å². The Kier molecular flexibility index (Phi) is 4.98. The fourth-order valence-corrected chi connectivity index (χ4v) is 1.89. The van der Waals surface area contributed by atoms with Crippen molar-refractivity contribution in [2.45, 2.75) is 13.3 Å². The molecule has 0 spiro atoms. The number of anilines is 1. The Labute approximate surface area is 108 Å². The maximum Gasteiger partial charge on any atom is 0.303 e. The molecule has 0 aromatic heterocycles. The summed E-state index contributed by atoms with van der Waals surface area (Å²) in [5, 5.41) is 20.7. The van der Waals surface area contributed by atoms with E-state index in [1.807, 2.05) is 13.0 Å². The highest BCUT2D eigenvalue weighted by molar-refractivity contribution is 9.10. The maximum atomic E-state index is 10.5. The van der Waals surface area contributed by atoms with Crippen LogP contribution in [-0.2, 0) is 4.79 Å². The van der Waals surface area contributed by atoms with Crippen molar-refractivity contribution in [3.8, 4) is 6.07 Å². The van der Waals surface area contributed by atoms with Crippen molar-refractivity contribution < 1.29 is 9.90 Å². The fraction of sp³-hybridized carbons (Fsp3) is 0.333. The zero-order valence-corrected chi connectivity index (χ0v) is 11.0. The molecule has 0 bridgehead atoms. The lowest BCUT2D eigenvalue weighted by Crippen LogP contribution is -2.15. The lowest BCUT2D eigenvalue weighted by Gasteiger charge is -2.13. The van der Waals surface area contributed by atoms with Crippen LogP contribution < -0.4 is 5.32 Å². The molecule has 0 amide bonds. The van der Waals surface area contributed by atoms with Gasteiger partial charge in [0.1, 0.15) is 6.07 Å². The molecule has 1 aromatic rings. The summed E-state index contributed by atoms with van der Waals surface area (Å²) in [6.45, 7) is 2.38. The molecular formula is C12H13BrN2O2. The van der Waals surface area contributed by atoms with Gasteiger partial charge < -0.3 is 10.4 Å². The van der Waals surface area contributed by atoms with Crippen LogP contribution >= 0.6 is 15.9 Å². The molecule has 17 heavy (non-hydrogen) atoms. The Hall–Kier alpha value is -1.54. The van der Waals surface area contributed by atoms with Gasteiger partial charge in [-0.05, 0) is 34.0 Å². The van der Waals surface area contributed by atoms with Crippen molar-refractivity contribution in [3.63, 3.8) is 0 Å². The van der Waals surface area contributed by atoms with Crippen LogP contribution in [-0.4, -0.2) is 17.6 Å². The topological polar surface area (TPSA) is 73.1 Å². The third-order valence-corrected chi connectivity index (χ3v) is 2.95. The summed E-state index contributed by atoms with van der Waals surface area (Å²) in [5.74, 6) is -0.799. The van der Waals surface area contributed by atoms with Crippen LogP contribution in [0.5, 0.6) is 0 Å². The van der Waals surface area contributed by atoms with E-state index in [1.54, 1.807) is 12.1 Å². The summed E-state index contributed by atoms with van der Waals surface area (Å²) < 4.78 is 0.732. The average molecular weight is 297 g/mol. The normalized spacial score (nSPS) is 11.6. The number of carboxylic acid groups (broad SMARTS) is 1. The third kappa shape index (κ3) is 4.08. The van der Waals surface area contributed by atoms with Gasteiger partial charge in [0.15, 0.2) is 0 Å². The van der Waals surface area contributed by atoms with Crippen LogP contribution in [0.3, 0.4) is 0 Å². The molecule has 5 heteroatoms. The number of nitrogens with zero attached hydrogens (tertiary/aromatic N) is 1. The van der Waals surface area contributed by atoms with Crippen molar-refractivity contribution in [1.29, 1.82) is 5.26 Å². The largest absolute Gasteiger partial charge is 0.481 e. The second-order valence-corrected chi connectivity index (χ2v) is 4.71. The molecule has 0 saturated heterocycles. The second kappa shape index (κ2) is 6.26. The fourth-order valence-electron chi connectivity index (χ4n) is 1.44. The third-order valence-electron chi connectivity index (χ3n) is 2.29.